The largest absolute Gasteiger partial charge is 0.467 e. The quantitative estimate of drug-likeness (QED) is 0.582. The van der Waals surface area contributed by atoms with Crippen molar-refractivity contribution in [3.8, 4) is 0 Å². The van der Waals surface area contributed by atoms with Crippen LogP contribution in [0.1, 0.15) is 18.7 Å². The van der Waals surface area contributed by atoms with Crippen molar-refractivity contribution in [2.45, 2.75) is 13.0 Å². The predicted molar refractivity (Wildman–Crippen MR) is 94.1 cm³/mol. The van der Waals surface area contributed by atoms with Gasteiger partial charge < -0.3 is 14.5 Å². The van der Waals surface area contributed by atoms with E-state index < -0.39 is 12.0 Å². The van der Waals surface area contributed by atoms with E-state index in [1.165, 1.54) is 0 Å². The van der Waals surface area contributed by atoms with Crippen molar-refractivity contribution in [2.75, 3.05) is 11.9 Å². The van der Waals surface area contributed by atoms with Crippen LogP contribution in [0.5, 0.6) is 0 Å². The number of allylic oxidation sites excluding steroid dienone is 1. The van der Waals surface area contributed by atoms with Crippen molar-refractivity contribution in [2.24, 2.45) is 0 Å². The highest BCUT2D eigenvalue weighted by molar-refractivity contribution is 5.93. The van der Waals surface area contributed by atoms with E-state index in [1.807, 2.05) is 41.8 Å². The molecule has 6 heteroatoms. The summed E-state index contributed by atoms with van der Waals surface area (Å²) in [6, 6.07) is 11.0. The first-order valence-electron chi connectivity index (χ1n) is 7.97. The van der Waals surface area contributed by atoms with Gasteiger partial charge in [0.1, 0.15) is 18.4 Å². The molecule has 1 atom stereocenters. The molecule has 1 aliphatic heterocycles. The van der Waals surface area contributed by atoms with Crippen LogP contribution in [0, 0.1) is 0 Å². The molecular weight excluding hydrogens is 318 g/mol. The average Bonchev–Trinajstić information content (AvgIpc) is 3.25. The van der Waals surface area contributed by atoms with E-state index in [-0.39, 0.29) is 6.61 Å². The lowest BCUT2D eigenvalue weighted by atomic mass is 10.0. The highest BCUT2D eigenvalue weighted by atomic mass is 16.5. The Morgan fingerprint density at radius 3 is 3.00 bits per heavy atom. The number of carbonyl (C=O) groups is 1. The monoisotopic (exact) mass is 335 g/mol. The maximum Gasteiger partial charge on any atom is 0.338 e. The van der Waals surface area contributed by atoms with Gasteiger partial charge in [0.15, 0.2) is 0 Å². The number of nitrogens with zero attached hydrogens (tertiary/aromatic N) is 2. The van der Waals surface area contributed by atoms with Gasteiger partial charge in [0.2, 0.25) is 5.95 Å². The Morgan fingerprint density at radius 2 is 2.24 bits per heavy atom. The molecule has 0 radical (unpaired) electrons. The molecular formula is C19H17N3O3. The Labute approximate surface area is 144 Å². The molecule has 0 aliphatic carbocycles. The number of imidazole rings is 1. The van der Waals surface area contributed by atoms with Gasteiger partial charge in [-0.3, -0.25) is 4.57 Å². The van der Waals surface area contributed by atoms with Crippen molar-refractivity contribution in [1.82, 2.24) is 9.55 Å². The molecule has 1 aliphatic rings. The molecule has 0 saturated heterocycles. The summed E-state index contributed by atoms with van der Waals surface area (Å²) in [6.45, 7) is 5.58. The number of nitrogens with one attached hydrogen (secondary N) is 1. The fourth-order valence-electron chi connectivity index (χ4n) is 3.16. The lowest BCUT2D eigenvalue weighted by Gasteiger charge is -2.28. The first-order valence-corrected chi connectivity index (χ1v) is 7.97. The third-order valence-electron chi connectivity index (χ3n) is 4.20. The third-order valence-corrected chi connectivity index (χ3v) is 4.20. The second-order valence-electron chi connectivity index (χ2n) is 5.76. The molecule has 1 N–H and O–H groups in total. The number of anilines is 1. The van der Waals surface area contributed by atoms with E-state index >= 15 is 0 Å². The van der Waals surface area contributed by atoms with E-state index in [1.54, 1.807) is 18.4 Å². The van der Waals surface area contributed by atoms with Crippen LogP contribution in [0.2, 0.25) is 0 Å². The molecule has 1 unspecified atom stereocenters. The fourth-order valence-corrected chi connectivity index (χ4v) is 3.16. The van der Waals surface area contributed by atoms with Crippen LogP contribution in [0.25, 0.3) is 11.0 Å². The van der Waals surface area contributed by atoms with Crippen LogP contribution >= 0.6 is 0 Å². The molecule has 126 valence electrons. The number of esters is 1. The lowest BCUT2D eigenvalue weighted by Crippen LogP contribution is -2.28. The Morgan fingerprint density at radius 1 is 1.40 bits per heavy atom. The third kappa shape index (κ3) is 2.42. The second kappa shape index (κ2) is 5.98. The van der Waals surface area contributed by atoms with Gasteiger partial charge in [-0.1, -0.05) is 24.8 Å². The minimum Gasteiger partial charge on any atom is -0.467 e. The van der Waals surface area contributed by atoms with Crippen LogP contribution in [-0.4, -0.2) is 22.1 Å². The zero-order valence-corrected chi connectivity index (χ0v) is 13.7. The Hall–Kier alpha value is -3.28. The number of rotatable bonds is 4. The van der Waals surface area contributed by atoms with Gasteiger partial charge in [0.05, 0.1) is 22.9 Å². The van der Waals surface area contributed by atoms with Crippen LogP contribution in [-0.2, 0) is 9.53 Å². The van der Waals surface area contributed by atoms with Crippen molar-refractivity contribution in [3.05, 3.63) is 72.3 Å². The smallest absolute Gasteiger partial charge is 0.338 e. The van der Waals surface area contributed by atoms with Crippen molar-refractivity contribution in [1.29, 1.82) is 0 Å². The molecule has 0 fully saturated rings. The van der Waals surface area contributed by atoms with Crippen LogP contribution in [0.15, 0.2) is 71.0 Å². The maximum absolute atomic E-state index is 12.7. The van der Waals surface area contributed by atoms with Gasteiger partial charge >= 0.3 is 5.97 Å². The Balaban J connectivity index is 1.92. The van der Waals surface area contributed by atoms with Crippen LogP contribution in [0.4, 0.5) is 5.95 Å². The zero-order chi connectivity index (χ0) is 17.4. The molecule has 1 aromatic carbocycles. The summed E-state index contributed by atoms with van der Waals surface area (Å²) < 4.78 is 12.9. The number of hydrogen-bond donors (Lipinski definition) is 1. The van der Waals surface area contributed by atoms with E-state index in [2.05, 4.69) is 16.9 Å². The Kier molecular flexibility index (Phi) is 3.65. The van der Waals surface area contributed by atoms with E-state index in [0.717, 1.165) is 11.0 Å². The van der Waals surface area contributed by atoms with Gasteiger partial charge in [0.25, 0.3) is 0 Å². The lowest BCUT2D eigenvalue weighted by molar-refractivity contribution is -0.138. The van der Waals surface area contributed by atoms with Gasteiger partial charge in [-0.2, -0.15) is 0 Å². The maximum atomic E-state index is 12.7. The van der Waals surface area contributed by atoms with Crippen LogP contribution < -0.4 is 5.32 Å². The van der Waals surface area contributed by atoms with E-state index in [0.29, 0.717) is 23.0 Å². The summed E-state index contributed by atoms with van der Waals surface area (Å²) in [5.41, 5.74) is 2.94. The van der Waals surface area contributed by atoms with E-state index in [4.69, 9.17) is 9.15 Å². The molecule has 0 spiro atoms. The summed E-state index contributed by atoms with van der Waals surface area (Å²) in [5.74, 6) is 0.908. The fraction of sp³-hybridized carbons (Fsp3) is 0.158. The molecule has 25 heavy (non-hydrogen) atoms. The summed E-state index contributed by atoms with van der Waals surface area (Å²) in [6.07, 6.45) is 3.14. The van der Waals surface area contributed by atoms with Crippen LogP contribution in [0.3, 0.4) is 0 Å². The number of benzene rings is 1. The summed E-state index contributed by atoms with van der Waals surface area (Å²) in [4.78, 5) is 17.3. The van der Waals surface area contributed by atoms with Crippen molar-refractivity contribution in [3.63, 3.8) is 0 Å². The second-order valence-corrected chi connectivity index (χ2v) is 5.76. The van der Waals surface area contributed by atoms with Gasteiger partial charge in [-0.05, 0) is 31.2 Å². The molecule has 3 heterocycles. The molecule has 0 amide bonds. The molecule has 0 bridgehead atoms. The standard InChI is InChI=1S/C19H17N3O3/c1-3-10-25-18(23)16-12(2)20-19-21-13-7-4-5-8-14(13)22(19)17(16)15-9-6-11-24-15/h3-9,11,17H,1,10H2,2H3,(H,20,21). The number of furan rings is 1. The van der Waals surface area contributed by atoms with Crippen molar-refractivity contribution < 1.29 is 13.9 Å². The predicted octanol–water partition coefficient (Wildman–Crippen LogP) is 3.65. The number of ether oxygens (including phenoxy) is 1. The SMILES string of the molecule is C=CCOC(=O)C1=C(C)Nc2nc3ccccc3n2C1c1ccco1. The minimum absolute atomic E-state index is 0.151. The zero-order valence-electron chi connectivity index (χ0n) is 13.7. The molecule has 3 aromatic rings. The molecule has 2 aromatic heterocycles. The summed E-state index contributed by atoms with van der Waals surface area (Å²) >= 11 is 0. The number of hydrogen-bond acceptors (Lipinski definition) is 5. The average molecular weight is 335 g/mol. The number of para-hydroxylation sites is 2. The van der Waals surface area contributed by atoms with Crippen molar-refractivity contribution >= 4 is 23.0 Å². The highest BCUT2D eigenvalue weighted by Gasteiger charge is 2.36. The molecule has 0 saturated carbocycles. The first-order chi connectivity index (χ1) is 12.2. The Bertz CT molecular complexity index is 983. The normalized spacial score (nSPS) is 16.4. The van der Waals surface area contributed by atoms with E-state index in [9.17, 15) is 4.79 Å². The number of aromatic nitrogens is 2. The van der Waals surface area contributed by atoms with Gasteiger partial charge in [-0.25, -0.2) is 9.78 Å². The summed E-state index contributed by atoms with van der Waals surface area (Å²) in [5, 5.41) is 3.21. The summed E-state index contributed by atoms with van der Waals surface area (Å²) in [7, 11) is 0. The first kappa shape index (κ1) is 15.3. The topological polar surface area (TPSA) is 69.3 Å². The number of carbonyl (C=O) groups excluding carboxylic acids is 1. The highest BCUT2D eigenvalue weighted by Crippen LogP contribution is 2.39. The minimum atomic E-state index is -0.448. The molecule has 4 rings (SSSR count). The van der Waals surface area contributed by atoms with Gasteiger partial charge in [0, 0.05) is 5.70 Å². The number of fused-ring (bicyclic) bond motifs is 3. The van der Waals surface area contributed by atoms with Gasteiger partial charge in [-0.15, -0.1) is 0 Å². The molecule has 6 nitrogen and oxygen atoms in total.